The number of likely N-dealkylation sites (tertiary alicyclic amines) is 1. The summed E-state index contributed by atoms with van der Waals surface area (Å²) in [5.74, 6) is -0.630. The number of hydrogen-bond acceptors (Lipinski definition) is 2. The van der Waals surface area contributed by atoms with Crippen LogP contribution in [0.15, 0.2) is 12.2 Å². The van der Waals surface area contributed by atoms with E-state index in [4.69, 9.17) is 0 Å². The SMILES string of the molecule is C=C(C)CCN1CCCC(CC)(C(=O)O)C1. The van der Waals surface area contributed by atoms with Crippen molar-refractivity contribution in [2.24, 2.45) is 5.41 Å². The normalized spacial score (nSPS) is 26.6. The van der Waals surface area contributed by atoms with E-state index in [0.717, 1.165) is 38.8 Å². The molecule has 0 aromatic carbocycles. The maximum absolute atomic E-state index is 11.3. The number of rotatable bonds is 5. The number of hydrogen-bond donors (Lipinski definition) is 1. The molecule has 1 aliphatic heterocycles. The zero-order valence-electron chi connectivity index (χ0n) is 10.5. The van der Waals surface area contributed by atoms with Crippen LogP contribution in [0.25, 0.3) is 0 Å². The van der Waals surface area contributed by atoms with Gasteiger partial charge in [0.1, 0.15) is 0 Å². The number of carboxylic acids is 1. The van der Waals surface area contributed by atoms with Gasteiger partial charge in [-0.15, -0.1) is 6.58 Å². The van der Waals surface area contributed by atoms with Crippen molar-refractivity contribution in [1.29, 1.82) is 0 Å². The number of aliphatic carboxylic acids is 1. The Bertz CT molecular complexity index is 275. The van der Waals surface area contributed by atoms with Crippen molar-refractivity contribution in [2.75, 3.05) is 19.6 Å². The maximum atomic E-state index is 11.3. The van der Waals surface area contributed by atoms with E-state index >= 15 is 0 Å². The Morgan fingerprint density at radius 2 is 2.25 bits per heavy atom. The molecule has 3 nitrogen and oxygen atoms in total. The van der Waals surface area contributed by atoms with E-state index in [9.17, 15) is 9.90 Å². The van der Waals surface area contributed by atoms with Crippen LogP contribution in [-0.2, 0) is 4.79 Å². The summed E-state index contributed by atoms with van der Waals surface area (Å²) >= 11 is 0. The standard InChI is InChI=1S/C13H23NO2/c1-4-13(12(15)16)7-5-8-14(10-13)9-6-11(2)3/h2,4-10H2,1,3H3,(H,15,16). The van der Waals surface area contributed by atoms with Gasteiger partial charge in [-0.3, -0.25) is 4.79 Å². The van der Waals surface area contributed by atoms with E-state index in [-0.39, 0.29) is 0 Å². The van der Waals surface area contributed by atoms with Crippen LogP contribution >= 0.6 is 0 Å². The van der Waals surface area contributed by atoms with Crippen molar-refractivity contribution in [3.63, 3.8) is 0 Å². The number of carboxylic acid groups (broad SMARTS) is 1. The highest BCUT2D eigenvalue weighted by molar-refractivity contribution is 5.75. The van der Waals surface area contributed by atoms with Crippen molar-refractivity contribution in [2.45, 2.75) is 39.5 Å². The third-order valence-electron chi connectivity index (χ3n) is 3.64. The Morgan fingerprint density at radius 1 is 1.56 bits per heavy atom. The second-order valence-electron chi connectivity index (χ2n) is 5.03. The first-order chi connectivity index (χ1) is 7.50. The van der Waals surface area contributed by atoms with Gasteiger partial charge in [0.15, 0.2) is 0 Å². The van der Waals surface area contributed by atoms with E-state index < -0.39 is 11.4 Å². The van der Waals surface area contributed by atoms with Crippen molar-refractivity contribution >= 4 is 5.97 Å². The fourth-order valence-electron chi connectivity index (χ4n) is 2.38. The van der Waals surface area contributed by atoms with Gasteiger partial charge in [0, 0.05) is 13.1 Å². The lowest BCUT2D eigenvalue weighted by atomic mass is 9.77. The van der Waals surface area contributed by atoms with Gasteiger partial charge in [-0.1, -0.05) is 12.5 Å². The van der Waals surface area contributed by atoms with Gasteiger partial charge < -0.3 is 10.0 Å². The maximum Gasteiger partial charge on any atom is 0.310 e. The topological polar surface area (TPSA) is 40.5 Å². The molecule has 16 heavy (non-hydrogen) atoms. The van der Waals surface area contributed by atoms with E-state index in [0.29, 0.717) is 6.54 Å². The highest BCUT2D eigenvalue weighted by atomic mass is 16.4. The van der Waals surface area contributed by atoms with Gasteiger partial charge >= 0.3 is 5.97 Å². The first-order valence-electron chi connectivity index (χ1n) is 6.10. The third kappa shape index (κ3) is 3.08. The molecule has 92 valence electrons. The summed E-state index contributed by atoms with van der Waals surface area (Å²) in [5, 5.41) is 9.34. The van der Waals surface area contributed by atoms with E-state index in [1.807, 2.05) is 13.8 Å². The molecule has 1 aliphatic rings. The Morgan fingerprint density at radius 3 is 2.75 bits per heavy atom. The minimum Gasteiger partial charge on any atom is -0.481 e. The average molecular weight is 225 g/mol. The molecule has 1 saturated heterocycles. The van der Waals surface area contributed by atoms with Crippen LogP contribution in [0.3, 0.4) is 0 Å². The van der Waals surface area contributed by atoms with Crippen molar-refractivity contribution in [3.05, 3.63) is 12.2 Å². The summed E-state index contributed by atoms with van der Waals surface area (Å²) in [5.41, 5.74) is 0.663. The van der Waals surface area contributed by atoms with E-state index in [1.54, 1.807) is 0 Å². The molecule has 1 rings (SSSR count). The Kier molecular flexibility index (Phi) is 4.54. The summed E-state index contributed by atoms with van der Waals surface area (Å²) in [7, 11) is 0. The van der Waals surface area contributed by atoms with Crippen molar-refractivity contribution in [1.82, 2.24) is 4.90 Å². The third-order valence-corrected chi connectivity index (χ3v) is 3.64. The molecule has 0 amide bonds. The van der Waals surface area contributed by atoms with Gasteiger partial charge in [-0.25, -0.2) is 0 Å². The van der Waals surface area contributed by atoms with Gasteiger partial charge in [0.25, 0.3) is 0 Å². The van der Waals surface area contributed by atoms with Crippen LogP contribution in [0.4, 0.5) is 0 Å². The van der Waals surface area contributed by atoms with Crippen molar-refractivity contribution in [3.8, 4) is 0 Å². The molecule has 0 aromatic heterocycles. The molecular formula is C13H23NO2. The smallest absolute Gasteiger partial charge is 0.310 e. The van der Waals surface area contributed by atoms with Crippen LogP contribution < -0.4 is 0 Å². The molecule has 0 radical (unpaired) electrons. The quantitative estimate of drug-likeness (QED) is 0.731. The average Bonchev–Trinajstić information content (AvgIpc) is 2.26. The summed E-state index contributed by atoms with van der Waals surface area (Å²) in [6.45, 7) is 10.6. The molecule has 0 aromatic rings. The summed E-state index contributed by atoms with van der Waals surface area (Å²) in [6.07, 6.45) is 3.52. The van der Waals surface area contributed by atoms with Gasteiger partial charge in [-0.2, -0.15) is 0 Å². The molecule has 0 bridgehead atoms. The zero-order valence-corrected chi connectivity index (χ0v) is 10.5. The highest BCUT2D eigenvalue weighted by Crippen LogP contribution is 2.33. The predicted molar refractivity (Wildman–Crippen MR) is 65.5 cm³/mol. The molecule has 1 fully saturated rings. The number of piperidine rings is 1. The lowest BCUT2D eigenvalue weighted by molar-refractivity contribution is -0.152. The monoisotopic (exact) mass is 225 g/mol. The first kappa shape index (κ1) is 13.2. The van der Waals surface area contributed by atoms with Crippen LogP contribution in [0, 0.1) is 5.41 Å². The van der Waals surface area contributed by atoms with Gasteiger partial charge in [0.05, 0.1) is 5.41 Å². The van der Waals surface area contributed by atoms with E-state index in [1.165, 1.54) is 5.57 Å². The lowest BCUT2D eigenvalue weighted by Gasteiger charge is -2.39. The van der Waals surface area contributed by atoms with Crippen molar-refractivity contribution < 1.29 is 9.90 Å². The molecule has 0 spiro atoms. The summed E-state index contributed by atoms with van der Waals surface area (Å²) in [6, 6.07) is 0. The fourth-order valence-corrected chi connectivity index (χ4v) is 2.38. The van der Waals surface area contributed by atoms with Crippen LogP contribution in [0.1, 0.15) is 39.5 Å². The minimum atomic E-state index is -0.630. The second-order valence-corrected chi connectivity index (χ2v) is 5.03. The Balaban J connectivity index is 2.57. The number of nitrogens with zero attached hydrogens (tertiary/aromatic N) is 1. The molecule has 1 heterocycles. The molecule has 1 N–H and O–H groups in total. The molecule has 0 aliphatic carbocycles. The lowest BCUT2D eigenvalue weighted by Crippen LogP contribution is -2.47. The highest BCUT2D eigenvalue weighted by Gasteiger charge is 2.40. The summed E-state index contributed by atoms with van der Waals surface area (Å²) < 4.78 is 0. The van der Waals surface area contributed by atoms with Gasteiger partial charge in [-0.05, 0) is 39.2 Å². The molecule has 0 saturated carbocycles. The van der Waals surface area contributed by atoms with Crippen LogP contribution in [0.2, 0.25) is 0 Å². The fraction of sp³-hybridized carbons (Fsp3) is 0.769. The molecule has 1 atom stereocenters. The van der Waals surface area contributed by atoms with Crippen LogP contribution in [-0.4, -0.2) is 35.6 Å². The Labute approximate surface area is 98.1 Å². The minimum absolute atomic E-state index is 0.507. The zero-order chi connectivity index (χ0) is 12.2. The largest absolute Gasteiger partial charge is 0.481 e. The summed E-state index contributed by atoms with van der Waals surface area (Å²) in [4.78, 5) is 13.6. The molecule has 3 heteroatoms. The number of carbonyl (C=O) groups is 1. The van der Waals surface area contributed by atoms with Gasteiger partial charge in [0.2, 0.25) is 0 Å². The van der Waals surface area contributed by atoms with Crippen LogP contribution in [0.5, 0.6) is 0 Å². The molecule has 1 unspecified atom stereocenters. The predicted octanol–water partition coefficient (Wildman–Crippen LogP) is 2.53. The molecular weight excluding hydrogens is 202 g/mol. The first-order valence-corrected chi connectivity index (χ1v) is 6.10. The Hall–Kier alpha value is -0.830. The second kappa shape index (κ2) is 5.48. The van der Waals surface area contributed by atoms with E-state index in [2.05, 4.69) is 11.5 Å².